The lowest BCUT2D eigenvalue weighted by Crippen LogP contribution is -2.32. The van der Waals surface area contributed by atoms with Crippen LogP contribution in [0, 0.1) is 0 Å². The summed E-state index contributed by atoms with van der Waals surface area (Å²) in [5.74, 6) is -2.82. The van der Waals surface area contributed by atoms with Crippen LogP contribution in [0.2, 0.25) is 0 Å². The van der Waals surface area contributed by atoms with Crippen LogP contribution in [0.15, 0.2) is 0 Å². The van der Waals surface area contributed by atoms with Crippen LogP contribution in [0.1, 0.15) is 26.7 Å². The second-order valence-electron chi connectivity index (χ2n) is 3.59. The highest BCUT2D eigenvalue weighted by Gasteiger charge is 2.26. The molecule has 2 atom stereocenters. The first kappa shape index (κ1) is 15.9. The Balaban J connectivity index is 0.000000321. The van der Waals surface area contributed by atoms with Crippen molar-refractivity contribution in [2.75, 3.05) is 0 Å². The molecule has 1 saturated heterocycles. The number of nitrogens with one attached hydrogen (secondary N) is 1. The van der Waals surface area contributed by atoms with Crippen LogP contribution in [-0.4, -0.2) is 46.2 Å². The van der Waals surface area contributed by atoms with Gasteiger partial charge in [-0.2, -0.15) is 0 Å². The van der Waals surface area contributed by atoms with E-state index in [0.29, 0.717) is 12.8 Å². The average Bonchev–Trinajstić information content (AvgIpc) is 2.64. The van der Waals surface area contributed by atoms with Crippen LogP contribution in [0.25, 0.3) is 0 Å². The second-order valence-corrected chi connectivity index (χ2v) is 3.59. The number of carboxylic acids is 2. The summed E-state index contributed by atoms with van der Waals surface area (Å²) in [5.41, 5.74) is 0. The largest absolute Gasteiger partial charge is 0.480 e. The van der Waals surface area contributed by atoms with Crippen LogP contribution < -0.4 is 5.32 Å². The molecule has 0 aromatic heterocycles. The van der Waals surface area contributed by atoms with E-state index in [1.165, 1.54) is 13.8 Å². The summed E-state index contributed by atoms with van der Waals surface area (Å²) >= 11 is 0. The van der Waals surface area contributed by atoms with Crippen molar-refractivity contribution < 1.29 is 34.1 Å². The van der Waals surface area contributed by atoms with Gasteiger partial charge in [0.15, 0.2) is 6.10 Å². The zero-order valence-electron chi connectivity index (χ0n) is 10.0. The van der Waals surface area contributed by atoms with Gasteiger partial charge in [-0.1, -0.05) is 0 Å². The van der Waals surface area contributed by atoms with Gasteiger partial charge in [0.2, 0.25) is 5.91 Å². The van der Waals surface area contributed by atoms with Gasteiger partial charge in [-0.15, -0.1) is 0 Å². The van der Waals surface area contributed by atoms with Crippen molar-refractivity contribution in [2.45, 2.75) is 38.8 Å². The van der Waals surface area contributed by atoms with Gasteiger partial charge in [0, 0.05) is 13.3 Å². The summed E-state index contributed by atoms with van der Waals surface area (Å²) in [4.78, 5) is 40.5. The third-order valence-corrected chi connectivity index (χ3v) is 1.98. The standard InChI is InChI=1S/C5H7NO3.C5H8O4/c7-4-2-1-3(6-4)5(8)9;1-3(5(7)8)9-4(2)6/h3H,1-2H2,(H,6,7)(H,8,9);3H,1-2H3,(H,7,8)/t2*3-/m00/s1. The average molecular weight is 261 g/mol. The number of amides is 1. The smallest absolute Gasteiger partial charge is 0.344 e. The van der Waals surface area contributed by atoms with E-state index in [-0.39, 0.29) is 5.91 Å². The molecule has 1 aliphatic heterocycles. The fraction of sp³-hybridized carbons (Fsp3) is 0.600. The first-order valence-electron chi connectivity index (χ1n) is 5.16. The highest BCUT2D eigenvalue weighted by atomic mass is 16.6. The highest BCUT2D eigenvalue weighted by Crippen LogP contribution is 2.05. The molecular weight excluding hydrogens is 246 g/mol. The van der Waals surface area contributed by atoms with E-state index >= 15 is 0 Å². The Hall–Kier alpha value is -2.12. The lowest BCUT2D eigenvalue weighted by Gasteiger charge is -2.04. The molecule has 0 aliphatic carbocycles. The summed E-state index contributed by atoms with van der Waals surface area (Å²) < 4.78 is 4.27. The van der Waals surface area contributed by atoms with Crippen LogP contribution in [-0.2, 0) is 23.9 Å². The number of hydrogen-bond donors (Lipinski definition) is 3. The highest BCUT2D eigenvalue weighted by molar-refractivity contribution is 5.87. The van der Waals surface area contributed by atoms with Crippen LogP contribution >= 0.6 is 0 Å². The molecule has 0 aromatic carbocycles. The number of carbonyl (C=O) groups excluding carboxylic acids is 2. The van der Waals surface area contributed by atoms with E-state index in [1.54, 1.807) is 0 Å². The lowest BCUT2D eigenvalue weighted by atomic mass is 10.2. The fourth-order valence-electron chi connectivity index (χ4n) is 1.10. The first-order chi connectivity index (χ1) is 8.23. The zero-order chi connectivity index (χ0) is 14.3. The number of aliphatic carboxylic acids is 2. The summed E-state index contributed by atoms with van der Waals surface area (Å²) in [7, 11) is 0. The topological polar surface area (TPSA) is 130 Å². The Bertz CT molecular complexity index is 350. The number of carboxylic acid groups (broad SMARTS) is 2. The molecule has 1 rings (SSSR count). The molecule has 0 radical (unpaired) electrons. The summed E-state index contributed by atoms with van der Waals surface area (Å²) in [6, 6.07) is -0.641. The van der Waals surface area contributed by atoms with E-state index in [4.69, 9.17) is 10.2 Å². The maximum absolute atomic E-state index is 10.4. The van der Waals surface area contributed by atoms with Crippen molar-refractivity contribution in [3.05, 3.63) is 0 Å². The Morgan fingerprint density at radius 2 is 1.94 bits per heavy atom. The predicted octanol–water partition coefficient (Wildman–Crippen LogP) is -0.628. The fourth-order valence-corrected chi connectivity index (χ4v) is 1.10. The molecule has 0 spiro atoms. The third-order valence-electron chi connectivity index (χ3n) is 1.98. The molecule has 3 N–H and O–H groups in total. The van der Waals surface area contributed by atoms with Gasteiger partial charge in [-0.3, -0.25) is 9.59 Å². The van der Waals surface area contributed by atoms with E-state index in [2.05, 4.69) is 10.1 Å². The van der Waals surface area contributed by atoms with Gasteiger partial charge < -0.3 is 20.3 Å². The van der Waals surface area contributed by atoms with Gasteiger partial charge in [0.25, 0.3) is 0 Å². The number of esters is 1. The van der Waals surface area contributed by atoms with E-state index < -0.39 is 30.1 Å². The number of hydrogen-bond acceptors (Lipinski definition) is 5. The van der Waals surface area contributed by atoms with Crippen molar-refractivity contribution in [2.24, 2.45) is 0 Å². The molecule has 102 valence electrons. The van der Waals surface area contributed by atoms with Gasteiger partial charge in [0.1, 0.15) is 6.04 Å². The van der Waals surface area contributed by atoms with Crippen molar-refractivity contribution in [1.82, 2.24) is 5.32 Å². The lowest BCUT2D eigenvalue weighted by molar-refractivity contribution is -0.161. The maximum atomic E-state index is 10.4. The Kier molecular flexibility index (Phi) is 6.40. The molecule has 8 nitrogen and oxygen atoms in total. The Labute approximate surface area is 103 Å². The minimum atomic E-state index is -1.13. The first-order valence-corrected chi connectivity index (χ1v) is 5.16. The van der Waals surface area contributed by atoms with Gasteiger partial charge in [0.05, 0.1) is 0 Å². The molecule has 0 saturated carbocycles. The minimum Gasteiger partial charge on any atom is -0.480 e. The summed E-state index contributed by atoms with van der Waals surface area (Å²) in [6.07, 6.45) is -0.270. The minimum absolute atomic E-state index is 0.164. The SMILES string of the molecule is CC(=O)O[C@@H](C)C(=O)O.O=C1CC[C@@H](C(=O)O)N1. The van der Waals surface area contributed by atoms with Gasteiger partial charge in [-0.05, 0) is 13.3 Å². The number of ether oxygens (including phenoxy) is 1. The molecule has 1 fully saturated rings. The van der Waals surface area contributed by atoms with Gasteiger partial charge >= 0.3 is 17.9 Å². The van der Waals surface area contributed by atoms with Crippen LogP contribution in [0.5, 0.6) is 0 Å². The third kappa shape index (κ3) is 6.46. The molecule has 1 aliphatic rings. The number of rotatable bonds is 3. The Morgan fingerprint density at radius 1 is 1.39 bits per heavy atom. The van der Waals surface area contributed by atoms with Crippen molar-refractivity contribution in [1.29, 1.82) is 0 Å². The molecule has 8 heteroatoms. The quantitative estimate of drug-likeness (QED) is 0.576. The maximum Gasteiger partial charge on any atom is 0.344 e. The van der Waals surface area contributed by atoms with E-state index in [1.807, 2.05) is 0 Å². The van der Waals surface area contributed by atoms with Gasteiger partial charge in [-0.25, -0.2) is 9.59 Å². The molecule has 0 bridgehead atoms. The summed E-state index contributed by atoms with van der Waals surface area (Å²) in [5, 5.41) is 18.8. The predicted molar refractivity (Wildman–Crippen MR) is 57.7 cm³/mol. The monoisotopic (exact) mass is 261 g/mol. The molecular formula is C10H15NO7. The zero-order valence-corrected chi connectivity index (χ0v) is 10.0. The normalized spacial score (nSPS) is 19.0. The molecule has 0 unspecified atom stereocenters. The van der Waals surface area contributed by atoms with Crippen molar-refractivity contribution in [3.63, 3.8) is 0 Å². The summed E-state index contributed by atoms with van der Waals surface area (Å²) in [6.45, 7) is 2.46. The van der Waals surface area contributed by atoms with E-state index in [9.17, 15) is 19.2 Å². The second kappa shape index (κ2) is 7.25. The Morgan fingerprint density at radius 3 is 2.11 bits per heavy atom. The van der Waals surface area contributed by atoms with E-state index in [0.717, 1.165) is 0 Å². The molecule has 0 aromatic rings. The van der Waals surface area contributed by atoms with Crippen molar-refractivity contribution >= 4 is 23.8 Å². The molecule has 1 heterocycles. The van der Waals surface area contributed by atoms with Crippen LogP contribution in [0.4, 0.5) is 0 Å². The van der Waals surface area contributed by atoms with Crippen LogP contribution in [0.3, 0.4) is 0 Å². The van der Waals surface area contributed by atoms with Crippen molar-refractivity contribution in [3.8, 4) is 0 Å². The molecule has 1 amide bonds. The molecule has 18 heavy (non-hydrogen) atoms. The number of carbonyl (C=O) groups is 4.